The van der Waals surface area contributed by atoms with Gasteiger partial charge in [0.05, 0.1) is 0 Å². The van der Waals surface area contributed by atoms with Crippen LogP contribution in [0.4, 0.5) is 0 Å². The molecule has 0 spiro atoms. The molecular formula is C16H24Cl2O. The van der Waals surface area contributed by atoms with Gasteiger partial charge in [-0.05, 0) is 37.2 Å². The Balaban J connectivity index is 2.66. The summed E-state index contributed by atoms with van der Waals surface area (Å²) in [4.78, 5) is 11.9. The predicted molar refractivity (Wildman–Crippen MR) is 84.0 cm³/mol. The molecule has 0 radical (unpaired) electrons. The van der Waals surface area contributed by atoms with Gasteiger partial charge in [-0.25, -0.2) is 0 Å². The molecule has 0 heterocycles. The van der Waals surface area contributed by atoms with Crippen LogP contribution in [-0.2, 0) is 4.79 Å². The highest BCUT2D eigenvalue weighted by atomic mass is 35.5. The van der Waals surface area contributed by atoms with Crippen LogP contribution in [0.1, 0.15) is 40.0 Å². The van der Waals surface area contributed by atoms with E-state index >= 15 is 0 Å². The maximum absolute atomic E-state index is 11.9. The van der Waals surface area contributed by atoms with Crippen LogP contribution in [0.25, 0.3) is 0 Å². The van der Waals surface area contributed by atoms with E-state index in [1.54, 1.807) is 6.08 Å². The Kier molecular flexibility index (Phi) is 6.62. The van der Waals surface area contributed by atoms with E-state index in [2.05, 4.69) is 32.9 Å². The van der Waals surface area contributed by atoms with Gasteiger partial charge < -0.3 is 0 Å². The van der Waals surface area contributed by atoms with Crippen molar-refractivity contribution in [2.24, 2.45) is 17.3 Å². The smallest absolute Gasteiger partial charge is 0.155 e. The quantitative estimate of drug-likeness (QED) is 0.384. The molecule has 108 valence electrons. The molecule has 0 aromatic heterocycles. The first-order chi connectivity index (χ1) is 8.90. The summed E-state index contributed by atoms with van der Waals surface area (Å²) >= 11 is 11.5. The summed E-state index contributed by atoms with van der Waals surface area (Å²) < 4.78 is 0. The summed E-state index contributed by atoms with van der Waals surface area (Å²) in [6.45, 7) is 6.69. The summed E-state index contributed by atoms with van der Waals surface area (Å²) in [6.07, 6.45) is 8.82. The molecule has 0 aromatic rings. The third-order valence-corrected chi connectivity index (χ3v) is 4.86. The predicted octanol–water partition coefficient (Wildman–Crippen LogP) is 4.98. The lowest BCUT2D eigenvalue weighted by Gasteiger charge is -2.36. The number of carbonyl (C=O) groups is 1. The first-order valence-electron chi connectivity index (χ1n) is 6.90. The normalized spacial score (nSPS) is 22.8. The molecule has 19 heavy (non-hydrogen) atoms. The standard InChI is InChI=1S/C16H24Cl2O/c1-12-5-4-8-16(2,3)15(12)7-6-14(19)9-13(10-17)11-18/h5-7,13,15H,4,8-11H2,1-3H3/b7-6+. The molecule has 0 saturated heterocycles. The average Bonchev–Trinajstić information content (AvgIpc) is 2.34. The first kappa shape index (κ1) is 16.8. The van der Waals surface area contributed by atoms with E-state index in [0.29, 0.717) is 24.1 Å². The van der Waals surface area contributed by atoms with Crippen molar-refractivity contribution in [3.63, 3.8) is 0 Å². The molecule has 0 aliphatic heterocycles. The number of carbonyl (C=O) groups excluding carboxylic acids is 1. The number of hydrogen-bond donors (Lipinski definition) is 0. The van der Waals surface area contributed by atoms with Crippen molar-refractivity contribution in [2.75, 3.05) is 11.8 Å². The second-order valence-corrected chi connectivity index (χ2v) is 6.77. The molecule has 3 heteroatoms. The highest BCUT2D eigenvalue weighted by molar-refractivity contribution is 6.21. The zero-order chi connectivity index (χ0) is 14.5. The van der Waals surface area contributed by atoms with Gasteiger partial charge in [-0.2, -0.15) is 0 Å². The molecule has 1 aliphatic rings. The maximum Gasteiger partial charge on any atom is 0.155 e. The summed E-state index contributed by atoms with van der Waals surface area (Å²) in [6, 6.07) is 0. The third-order valence-electron chi connectivity index (χ3n) is 3.99. The van der Waals surface area contributed by atoms with Gasteiger partial charge in [0.2, 0.25) is 0 Å². The fourth-order valence-corrected chi connectivity index (χ4v) is 3.24. The van der Waals surface area contributed by atoms with Crippen LogP contribution in [0.5, 0.6) is 0 Å². The minimum atomic E-state index is 0.0801. The number of halogens is 2. The minimum Gasteiger partial charge on any atom is -0.295 e. The lowest BCUT2D eigenvalue weighted by molar-refractivity contribution is -0.115. The fourth-order valence-electron chi connectivity index (χ4n) is 2.69. The monoisotopic (exact) mass is 302 g/mol. The maximum atomic E-state index is 11.9. The van der Waals surface area contributed by atoms with Crippen molar-refractivity contribution in [3.05, 3.63) is 23.8 Å². The summed E-state index contributed by atoms with van der Waals surface area (Å²) in [5.74, 6) is 1.45. The van der Waals surface area contributed by atoms with Gasteiger partial charge in [0.25, 0.3) is 0 Å². The van der Waals surface area contributed by atoms with E-state index in [-0.39, 0.29) is 17.1 Å². The summed E-state index contributed by atoms with van der Waals surface area (Å²) in [5, 5.41) is 0. The van der Waals surface area contributed by atoms with E-state index in [9.17, 15) is 4.79 Å². The molecule has 1 unspecified atom stereocenters. The second kappa shape index (κ2) is 7.50. The van der Waals surface area contributed by atoms with Crippen LogP contribution < -0.4 is 0 Å². The number of alkyl halides is 2. The van der Waals surface area contributed by atoms with E-state index in [1.807, 2.05) is 0 Å². The Hall–Kier alpha value is -0.270. The Morgan fingerprint density at radius 3 is 2.63 bits per heavy atom. The van der Waals surface area contributed by atoms with Crippen LogP contribution in [-0.4, -0.2) is 17.5 Å². The molecule has 0 N–H and O–H groups in total. The van der Waals surface area contributed by atoms with Crippen LogP contribution in [0.2, 0.25) is 0 Å². The third kappa shape index (κ3) is 4.96. The zero-order valence-electron chi connectivity index (χ0n) is 12.1. The van der Waals surface area contributed by atoms with Gasteiger partial charge >= 0.3 is 0 Å². The van der Waals surface area contributed by atoms with Gasteiger partial charge in [-0.15, -0.1) is 23.2 Å². The number of rotatable bonds is 6. The Labute approximate surface area is 127 Å². The van der Waals surface area contributed by atoms with Gasteiger partial charge in [0.15, 0.2) is 5.78 Å². The van der Waals surface area contributed by atoms with Gasteiger partial charge in [-0.3, -0.25) is 4.79 Å². The van der Waals surface area contributed by atoms with Crippen molar-refractivity contribution >= 4 is 29.0 Å². The molecule has 0 aromatic carbocycles. The minimum absolute atomic E-state index is 0.0801. The summed E-state index contributed by atoms with van der Waals surface area (Å²) in [5.41, 5.74) is 1.60. The van der Waals surface area contributed by atoms with Crippen LogP contribution in [0.15, 0.2) is 23.8 Å². The van der Waals surface area contributed by atoms with E-state index in [1.165, 1.54) is 12.0 Å². The van der Waals surface area contributed by atoms with Crippen LogP contribution in [0, 0.1) is 17.3 Å². The molecule has 0 saturated carbocycles. The molecule has 1 nitrogen and oxygen atoms in total. The highest BCUT2D eigenvalue weighted by Crippen LogP contribution is 2.41. The first-order valence-corrected chi connectivity index (χ1v) is 7.97. The molecule has 1 atom stereocenters. The molecule has 1 aliphatic carbocycles. The zero-order valence-corrected chi connectivity index (χ0v) is 13.6. The molecule has 0 bridgehead atoms. The van der Waals surface area contributed by atoms with E-state index in [4.69, 9.17) is 23.2 Å². The van der Waals surface area contributed by atoms with Crippen molar-refractivity contribution in [2.45, 2.75) is 40.0 Å². The lowest BCUT2D eigenvalue weighted by atomic mass is 9.68. The summed E-state index contributed by atoms with van der Waals surface area (Å²) in [7, 11) is 0. The molecule has 0 fully saturated rings. The van der Waals surface area contributed by atoms with E-state index < -0.39 is 0 Å². The number of hydrogen-bond acceptors (Lipinski definition) is 1. The van der Waals surface area contributed by atoms with Gasteiger partial charge in [-0.1, -0.05) is 31.6 Å². The molecule has 1 rings (SSSR count). The SMILES string of the molecule is CC1=CCCC(C)(C)C1/C=C/C(=O)CC(CCl)CCl. The van der Waals surface area contributed by atoms with Crippen molar-refractivity contribution in [3.8, 4) is 0 Å². The average molecular weight is 303 g/mol. The Bertz CT molecular complexity index is 365. The van der Waals surface area contributed by atoms with Crippen molar-refractivity contribution in [1.29, 1.82) is 0 Å². The van der Waals surface area contributed by atoms with Crippen LogP contribution in [0.3, 0.4) is 0 Å². The van der Waals surface area contributed by atoms with E-state index in [0.717, 1.165) is 6.42 Å². The van der Waals surface area contributed by atoms with Gasteiger partial charge in [0.1, 0.15) is 0 Å². The van der Waals surface area contributed by atoms with Crippen molar-refractivity contribution < 1.29 is 4.79 Å². The fraction of sp³-hybridized carbons (Fsp3) is 0.688. The number of ketones is 1. The van der Waals surface area contributed by atoms with Crippen LogP contribution >= 0.6 is 23.2 Å². The topological polar surface area (TPSA) is 17.1 Å². The molecular weight excluding hydrogens is 279 g/mol. The molecule has 0 amide bonds. The largest absolute Gasteiger partial charge is 0.295 e. The van der Waals surface area contributed by atoms with Gasteiger partial charge in [0, 0.05) is 24.1 Å². The Morgan fingerprint density at radius 1 is 1.47 bits per heavy atom. The second-order valence-electron chi connectivity index (χ2n) is 6.16. The highest BCUT2D eigenvalue weighted by Gasteiger charge is 2.30. The van der Waals surface area contributed by atoms with Crippen molar-refractivity contribution in [1.82, 2.24) is 0 Å². The number of allylic oxidation sites excluding steroid dienone is 4. The lowest BCUT2D eigenvalue weighted by Crippen LogP contribution is -2.26. The Morgan fingerprint density at radius 2 is 2.11 bits per heavy atom.